The lowest BCUT2D eigenvalue weighted by atomic mass is 10.1. The van der Waals surface area contributed by atoms with E-state index in [0.29, 0.717) is 23.2 Å². The Morgan fingerprint density at radius 3 is 2.57 bits per heavy atom. The molecular weight excluding hydrogens is 402 g/mol. The maximum atomic E-state index is 12.9. The summed E-state index contributed by atoms with van der Waals surface area (Å²) in [4.78, 5) is 4.35. The van der Waals surface area contributed by atoms with Crippen LogP contribution in [0.2, 0.25) is 5.02 Å². The summed E-state index contributed by atoms with van der Waals surface area (Å²) in [7, 11) is -0.893. The number of benzene rings is 2. The van der Waals surface area contributed by atoms with Crippen LogP contribution in [0.3, 0.4) is 0 Å². The van der Waals surface area contributed by atoms with Gasteiger partial charge in [0.2, 0.25) is 10.0 Å². The van der Waals surface area contributed by atoms with Gasteiger partial charge in [-0.3, -0.25) is 0 Å². The molecule has 2 aromatic carbocycles. The van der Waals surface area contributed by atoms with Crippen LogP contribution in [0.15, 0.2) is 51.9 Å². The molecular formula is C19H20ClN3O4S. The molecule has 0 radical (unpaired) electrons. The van der Waals surface area contributed by atoms with Crippen LogP contribution in [0.4, 0.5) is 0 Å². The molecule has 0 atom stereocenters. The first-order valence-electron chi connectivity index (χ1n) is 8.51. The molecule has 0 bridgehead atoms. The Kier molecular flexibility index (Phi) is 6.02. The van der Waals surface area contributed by atoms with Crippen molar-refractivity contribution in [1.82, 2.24) is 14.4 Å². The summed E-state index contributed by atoms with van der Waals surface area (Å²) in [5.74, 6) is 1.06. The number of hydrogen-bond donors (Lipinski definition) is 0. The zero-order chi connectivity index (χ0) is 20.3. The van der Waals surface area contributed by atoms with Crippen LogP contribution in [0.5, 0.6) is 5.75 Å². The van der Waals surface area contributed by atoms with Gasteiger partial charge in [0.1, 0.15) is 10.6 Å². The van der Waals surface area contributed by atoms with E-state index >= 15 is 0 Å². The summed E-state index contributed by atoms with van der Waals surface area (Å²) in [6, 6.07) is 12.2. The molecule has 0 aliphatic heterocycles. The molecule has 28 heavy (non-hydrogen) atoms. The van der Waals surface area contributed by atoms with E-state index in [2.05, 4.69) is 10.1 Å². The van der Waals surface area contributed by atoms with E-state index in [0.717, 1.165) is 11.1 Å². The first kappa shape index (κ1) is 20.3. The van der Waals surface area contributed by atoms with Crippen molar-refractivity contribution in [2.75, 3.05) is 20.7 Å². The summed E-state index contributed by atoms with van der Waals surface area (Å²) < 4.78 is 37.4. The zero-order valence-electron chi connectivity index (χ0n) is 15.7. The second-order valence-corrected chi connectivity index (χ2v) is 8.70. The number of rotatable bonds is 7. The second-order valence-electron chi connectivity index (χ2n) is 6.25. The highest BCUT2D eigenvalue weighted by atomic mass is 35.5. The monoisotopic (exact) mass is 421 g/mol. The van der Waals surface area contributed by atoms with Gasteiger partial charge in [-0.1, -0.05) is 34.5 Å². The van der Waals surface area contributed by atoms with Crippen molar-refractivity contribution in [2.45, 2.75) is 18.2 Å². The van der Waals surface area contributed by atoms with Gasteiger partial charge in [0.25, 0.3) is 5.89 Å². The molecule has 0 spiro atoms. The molecule has 0 aliphatic carbocycles. The number of sulfonamides is 1. The minimum atomic E-state index is -3.79. The lowest BCUT2D eigenvalue weighted by molar-refractivity contribution is 0.396. The standard InChI is InChI=1S/C19H20ClN3O4S/c1-13-4-6-14(7-5-13)19-21-18(22-27-19)10-11-23(2)28(24,25)17-12-15(20)8-9-16(17)26-3/h4-9,12H,10-11H2,1-3H3. The van der Waals surface area contributed by atoms with E-state index in [9.17, 15) is 8.42 Å². The molecule has 0 N–H and O–H groups in total. The number of hydrogen-bond acceptors (Lipinski definition) is 6. The first-order valence-corrected chi connectivity index (χ1v) is 10.3. The number of nitrogens with zero attached hydrogens (tertiary/aromatic N) is 3. The van der Waals surface area contributed by atoms with Crippen LogP contribution >= 0.6 is 11.6 Å². The van der Waals surface area contributed by atoms with Gasteiger partial charge in [-0.15, -0.1) is 0 Å². The van der Waals surface area contributed by atoms with E-state index in [1.807, 2.05) is 31.2 Å². The zero-order valence-corrected chi connectivity index (χ0v) is 17.3. The predicted octanol–water partition coefficient (Wildman–Crippen LogP) is 3.57. The molecule has 0 saturated heterocycles. The molecule has 7 nitrogen and oxygen atoms in total. The predicted molar refractivity (Wildman–Crippen MR) is 106 cm³/mol. The topological polar surface area (TPSA) is 85.5 Å². The Morgan fingerprint density at radius 2 is 1.89 bits per heavy atom. The molecule has 0 amide bonds. The summed E-state index contributed by atoms with van der Waals surface area (Å²) in [5, 5.41) is 4.25. The Labute approximate surface area is 168 Å². The van der Waals surface area contributed by atoms with E-state index in [1.54, 1.807) is 6.07 Å². The number of methoxy groups -OCH3 is 1. The van der Waals surface area contributed by atoms with Crippen molar-refractivity contribution in [3.05, 3.63) is 58.9 Å². The van der Waals surface area contributed by atoms with Crippen molar-refractivity contribution in [3.8, 4) is 17.2 Å². The van der Waals surface area contributed by atoms with Crippen molar-refractivity contribution in [1.29, 1.82) is 0 Å². The van der Waals surface area contributed by atoms with Crippen molar-refractivity contribution in [3.63, 3.8) is 0 Å². The maximum absolute atomic E-state index is 12.9. The highest BCUT2D eigenvalue weighted by molar-refractivity contribution is 7.89. The molecule has 9 heteroatoms. The average Bonchev–Trinajstić information content (AvgIpc) is 3.15. The fraction of sp³-hybridized carbons (Fsp3) is 0.263. The third-order valence-corrected chi connectivity index (χ3v) is 6.34. The van der Waals surface area contributed by atoms with E-state index < -0.39 is 10.0 Å². The highest BCUT2D eigenvalue weighted by Crippen LogP contribution is 2.29. The quantitative estimate of drug-likeness (QED) is 0.579. The third-order valence-electron chi connectivity index (χ3n) is 4.23. The van der Waals surface area contributed by atoms with Crippen LogP contribution in [0.25, 0.3) is 11.5 Å². The van der Waals surface area contributed by atoms with E-state index in [-0.39, 0.29) is 17.2 Å². The summed E-state index contributed by atoms with van der Waals surface area (Å²) in [5.41, 5.74) is 1.95. The van der Waals surface area contributed by atoms with Crippen LogP contribution in [0, 0.1) is 6.92 Å². The van der Waals surface area contributed by atoms with Crippen molar-refractivity contribution in [2.24, 2.45) is 0 Å². The molecule has 1 aromatic heterocycles. The summed E-state index contributed by atoms with van der Waals surface area (Å²) >= 11 is 5.96. The maximum Gasteiger partial charge on any atom is 0.257 e. The minimum Gasteiger partial charge on any atom is -0.495 e. The van der Waals surface area contributed by atoms with E-state index in [4.69, 9.17) is 20.9 Å². The van der Waals surface area contributed by atoms with Gasteiger partial charge in [-0.05, 0) is 37.3 Å². The van der Waals surface area contributed by atoms with Gasteiger partial charge >= 0.3 is 0 Å². The van der Waals surface area contributed by atoms with Crippen molar-refractivity contribution < 1.29 is 17.7 Å². The molecule has 0 saturated carbocycles. The number of aryl methyl sites for hydroxylation is 1. The van der Waals surface area contributed by atoms with Gasteiger partial charge in [0, 0.05) is 30.6 Å². The van der Waals surface area contributed by atoms with Crippen LogP contribution < -0.4 is 4.74 Å². The number of aromatic nitrogens is 2. The lowest BCUT2D eigenvalue weighted by Crippen LogP contribution is -2.29. The average molecular weight is 422 g/mol. The second kappa shape index (κ2) is 8.30. The van der Waals surface area contributed by atoms with Gasteiger partial charge in [-0.25, -0.2) is 12.7 Å². The summed E-state index contributed by atoms with van der Waals surface area (Å²) in [6.45, 7) is 2.17. The normalized spacial score (nSPS) is 11.8. The number of likely N-dealkylation sites (N-methyl/N-ethyl adjacent to an activating group) is 1. The number of ether oxygens (including phenoxy) is 1. The van der Waals surface area contributed by atoms with E-state index in [1.165, 1.54) is 30.6 Å². The molecule has 3 rings (SSSR count). The fourth-order valence-corrected chi connectivity index (χ4v) is 4.15. The Morgan fingerprint density at radius 1 is 1.18 bits per heavy atom. The SMILES string of the molecule is COc1ccc(Cl)cc1S(=O)(=O)N(C)CCc1noc(-c2ccc(C)cc2)n1. The largest absolute Gasteiger partial charge is 0.495 e. The summed E-state index contributed by atoms with van der Waals surface area (Å²) in [6.07, 6.45) is 0.300. The molecule has 3 aromatic rings. The molecule has 1 heterocycles. The minimum absolute atomic E-state index is 0.0125. The van der Waals surface area contributed by atoms with Crippen molar-refractivity contribution >= 4 is 21.6 Å². The smallest absolute Gasteiger partial charge is 0.257 e. The Balaban J connectivity index is 1.73. The molecule has 0 fully saturated rings. The van der Waals surface area contributed by atoms with Gasteiger partial charge in [0.15, 0.2) is 5.82 Å². The van der Waals surface area contributed by atoms with Gasteiger partial charge in [0.05, 0.1) is 7.11 Å². The van der Waals surface area contributed by atoms with Crippen LogP contribution in [-0.4, -0.2) is 43.6 Å². The third kappa shape index (κ3) is 4.35. The number of halogens is 1. The van der Waals surface area contributed by atoms with Gasteiger partial charge < -0.3 is 9.26 Å². The first-order chi connectivity index (χ1) is 13.3. The molecule has 0 aliphatic rings. The Hall–Kier alpha value is -2.42. The van der Waals surface area contributed by atoms with Gasteiger partial charge in [-0.2, -0.15) is 4.98 Å². The lowest BCUT2D eigenvalue weighted by Gasteiger charge is -2.18. The molecule has 0 unspecified atom stereocenters. The Bertz CT molecular complexity index is 1070. The highest BCUT2D eigenvalue weighted by Gasteiger charge is 2.25. The van der Waals surface area contributed by atoms with Crippen LogP contribution in [-0.2, 0) is 16.4 Å². The van der Waals surface area contributed by atoms with Crippen LogP contribution in [0.1, 0.15) is 11.4 Å². The fourth-order valence-electron chi connectivity index (χ4n) is 2.57. The molecule has 148 valence electrons.